The third-order valence-electron chi connectivity index (χ3n) is 4.85. The highest BCUT2D eigenvalue weighted by Gasteiger charge is 2.30. The molecule has 0 radical (unpaired) electrons. The minimum Gasteiger partial charge on any atom is -0.423 e. The predicted octanol–water partition coefficient (Wildman–Crippen LogP) is 2.67. The molecule has 1 saturated heterocycles. The van der Waals surface area contributed by atoms with Gasteiger partial charge in [-0.1, -0.05) is 25.0 Å². The Morgan fingerprint density at radius 1 is 1.09 bits per heavy atom. The lowest BCUT2D eigenvalue weighted by Crippen LogP contribution is -2.50. The van der Waals surface area contributed by atoms with Crippen LogP contribution in [0.1, 0.15) is 25.7 Å². The van der Waals surface area contributed by atoms with Gasteiger partial charge in [0.25, 0.3) is 6.01 Å². The summed E-state index contributed by atoms with van der Waals surface area (Å²) in [5.41, 5.74) is 1.71. The smallest absolute Gasteiger partial charge is 0.298 e. The number of oxazole rings is 1. The van der Waals surface area contributed by atoms with E-state index >= 15 is 0 Å². The van der Waals surface area contributed by atoms with Gasteiger partial charge in [-0.25, -0.2) is 0 Å². The van der Waals surface area contributed by atoms with Gasteiger partial charge < -0.3 is 14.2 Å². The largest absolute Gasteiger partial charge is 0.423 e. The van der Waals surface area contributed by atoms with Gasteiger partial charge in [-0.3, -0.25) is 4.79 Å². The Morgan fingerprint density at radius 3 is 2.55 bits per heavy atom. The Kier molecular flexibility index (Phi) is 3.48. The van der Waals surface area contributed by atoms with E-state index in [0.717, 1.165) is 50.1 Å². The van der Waals surface area contributed by atoms with Crippen LogP contribution in [-0.2, 0) is 4.79 Å². The molecule has 0 unspecified atom stereocenters. The van der Waals surface area contributed by atoms with Crippen LogP contribution >= 0.6 is 0 Å². The number of piperazine rings is 1. The summed E-state index contributed by atoms with van der Waals surface area (Å²) in [6, 6.07) is 8.49. The summed E-state index contributed by atoms with van der Waals surface area (Å²) < 4.78 is 5.81. The summed E-state index contributed by atoms with van der Waals surface area (Å²) in [5, 5.41) is 0. The molecule has 2 aliphatic rings. The predicted molar refractivity (Wildman–Crippen MR) is 84.8 cm³/mol. The molecule has 4 rings (SSSR count). The third-order valence-corrected chi connectivity index (χ3v) is 4.85. The van der Waals surface area contributed by atoms with Crippen molar-refractivity contribution in [3.05, 3.63) is 24.3 Å². The van der Waals surface area contributed by atoms with E-state index in [0.29, 0.717) is 11.9 Å². The van der Waals surface area contributed by atoms with Gasteiger partial charge in [-0.15, -0.1) is 0 Å². The van der Waals surface area contributed by atoms with E-state index in [9.17, 15) is 4.79 Å². The molecule has 22 heavy (non-hydrogen) atoms. The monoisotopic (exact) mass is 299 g/mol. The lowest BCUT2D eigenvalue weighted by molar-refractivity contribution is -0.135. The molecule has 116 valence electrons. The van der Waals surface area contributed by atoms with Crippen molar-refractivity contribution in [2.24, 2.45) is 5.92 Å². The molecule has 1 aromatic heterocycles. The van der Waals surface area contributed by atoms with E-state index in [4.69, 9.17) is 4.42 Å². The van der Waals surface area contributed by atoms with Crippen molar-refractivity contribution < 1.29 is 9.21 Å². The van der Waals surface area contributed by atoms with Crippen molar-refractivity contribution in [2.45, 2.75) is 25.7 Å². The highest BCUT2D eigenvalue weighted by Crippen LogP contribution is 2.28. The first-order valence-corrected chi connectivity index (χ1v) is 8.20. The SMILES string of the molecule is O=C(C1CCCC1)N1CCN(c2nc3ccccc3o2)CC1. The van der Waals surface area contributed by atoms with E-state index in [1.807, 2.05) is 29.2 Å². The van der Waals surface area contributed by atoms with Crippen molar-refractivity contribution in [1.82, 2.24) is 9.88 Å². The molecule has 2 fully saturated rings. The molecule has 1 aliphatic carbocycles. The molecule has 5 nitrogen and oxygen atoms in total. The number of hydrogen-bond donors (Lipinski definition) is 0. The van der Waals surface area contributed by atoms with Crippen LogP contribution in [0, 0.1) is 5.92 Å². The molecule has 1 amide bonds. The number of nitrogens with zero attached hydrogens (tertiary/aromatic N) is 3. The van der Waals surface area contributed by atoms with Crippen molar-refractivity contribution >= 4 is 23.0 Å². The van der Waals surface area contributed by atoms with Crippen LogP contribution in [0.25, 0.3) is 11.1 Å². The summed E-state index contributed by atoms with van der Waals surface area (Å²) in [6.07, 6.45) is 4.56. The first-order chi connectivity index (χ1) is 10.8. The van der Waals surface area contributed by atoms with Crippen molar-refractivity contribution in [3.63, 3.8) is 0 Å². The maximum absolute atomic E-state index is 12.5. The van der Waals surface area contributed by atoms with E-state index in [-0.39, 0.29) is 5.92 Å². The van der Waals surface area contributed by atoms with Gasteiger partial charge >= 0.3 is 0 Å². The summed E-state index contributed by atoms with van der Waals surface area (Å²) in [7, 11) is 0. The summed E-state index contributed by atoms with van der Waals surface area (Å²) in [4.78, 5) is 21.2. The first-order valence-electron chi connectivity index (χ1n) is 8.20. The van der Waals surface area contributed by atoms with Gasteiger partial charge in [0, 0.05) is 32.1 Å². The Bertz CT molecular complexity index is 634. The zero-order chi connectivity index (χ0) is 14.9. The summed E-state index contributed by atoms with van der Waals surface area (Å²) in [5.74, 6) is 0.630. The van der Waals surface area contributed by atoms with Crippen molar-refractivity contribution in [1.29, 1.82) is 0 Å². The molecule has 2 aromatic rings. The number of rotatable bonds is 2. The van der Waals surface area contributed by atoms with Crippen LogP contribution in [0.3, 0.4) is 0 Å². The molecule has 1 aliphatic heterocycles. The van der Waals surface area contributed by atoms with Crippen LogP contribution in [0.4, 0.5) is 6.01 Å². The normalized spacial score (nSPS) is 20.0. The number of para-hydroxylation sites is 2. The van der Waals surface area contributed by atoms with E-state index < -0.39 is 0 Å². The molecule has 1 aromatic carbocycles. The van der Waals surface area contributed by atoms with Gasteiger partial charge in [-0.05, 0) is 25.0 Å². The molecule has 0 bridgehead atoms. The van der Waals surface area contributed by atoms with E-state index in [2.05, 4.69) is 9.88 Å². The van der Waals surface area contributed by atoms with Crippen molar-refractivity contribution in [3.8, 4) is 0 Å². The van der Waals surface area contributed by atoms with Crippen LogP contribution in [0.15, 0.2) is 28.7 Å². The number of carbonyl (C=O) groups is 1. The Hall–Kier alpha value is -2.04. The van der Waals surface area contributed by atoms with Crippen LogP contribution in [-0.4, -0.2) is 42.0 Å². The van der Waals surface area contributed by atoms with Crippen molar-refractivity contribution in [2.75, 3.05) is 31.1 Å². The minimum atomic E-state index is 0.274. The average molecular weight is 299 g/mol. The van der Waals surface area contributed by atoms with Gasteiger partial charge in [0.1, 0.15) is 5.52 Å². The number of carbonyl (C=O) groups excluding carboxylic acids is 1. The first kappa shape index (κ1) is 13.6. The van der Waals surface area contributed by atoms with Gasteiger partial charge in [0.2, 0.25) is 5.91 Å². The number of anilines is 1. The van der Waals surface area contributed by atoms with Crippen LogP contribution < -0.4 is 4.90 Å². The molecule has 1 saturated carbocycles. The summed E-state index contributed by atoms with van der Waals surface area (Å²) >= 11 is 0. The highest BCUT2D eigenvalue weighted by atomic mass is 16.4. The number of benzene rings is 1. The van der Waals surface area contributed by atoms with Crippen LogP contribution in [0.2, 0.25) is 0 Å². The molecule has 5 heteroatoms. The van der Waals surface area contributed by atoms with Gasteiger partial charge in [0.15, 0.2) is 5.58 Å². The second-order valence-corrected chi connectivity index (χ2v) is 6.26. The highest BCUT2D eigenvalue weighted by molar-refractivity contribution is 5.79. The Balaban J connectivity index is 1.41. The molecular weight excluding hydrogens is 278 g/mol. The average Bonchev–Trinajstić information content (AvgIpc) is 3.23. The third kappa shape index (κ3) is 2.45. The maximum atomic E-state index is 12.5. The minimum absolute atomic E-state index is 0.274. The van der Waals surface area contributed by atoms with E-state index in [1.54, 1.807) is 0 Å². The Morgan fingerprint density at radius 2 is 1.82 bits per heavy atom. The summed E-state index contributed by atoms with van der Waals surface area (Å²) in [6.45, 7) is 3.14. The fourth-order valence-electron chi connectivity index (χ4n) is 3.54. The van der Waals surface area contributed by atoms with E-state index in [1.165, 1.54) is 12.8 Å². The van der Waals surface area contributed by atoms with Gasteiger partial charge in [0.05, 0.1) is 0 Å². The molecule has 0 spiro atoms. The standard InChI is InChI=1S/C17H21N3O2/c21-16(13-5-1-2-6-13)19-9-11-20(12-10-19)17-18-14-7-3-4-8-15(14)22-17/h3-4,7-8,13H,1-2,5-6,9-12H2. The molecule has 0 N–H and O–H groups in total. The lowest BCUT2D eigenvalue weighted by atomic mass is 10.1. The zero-order valence-electron chi connectivity index (χ0n) is 12.7. The number of amides is 1. The number of aromatic nitrogens is 1. The molecular formula is C17H21N3O2. The molecule has 0 atom stereocenters. The topological polar surface area (TPSA) is 49.6 Å². The quantitative estimate of drug-likeness (QED) is 0.855. The maximum Gasteiger partial charge on any atom is 0.298 e. The fraction of sp³-hybridized carbons (Fsp3) is 0.529. The fourth-order valence-corrected chi connectivity index (χ4v) is 3.54. The number of fused-ring (bicyclic) bond motifs is 1. The lowest BCUT2D eigenvalue weighted by Gasteiger charge is -2.35. The second kappa shape index (κ2) is 5.63. The number of hydrogen-bond acceptors (Lipinski definition) is 4. The Labute approximate surface area is 129 Å². The molecule has 2 heterocycles. The van der Waals surface area contributed by atoms with Crippen LogP contribution in [0.5, 0.6) is 0 Å². The second-order valence-electron chi connectivity index (χ2n) is 6.26. The zero-order valence-corrected chi connectivity index (χ0v) is 12.7. The van der Waals surface area contributed by atoms with Gasteiger partial charge in [-0.2, -0.15) is 4.98 Å².